The van der Waals surface area contributed by atoms with E-state index in [9.17, 15) is 4.79 Å². The van der Waals surface area contributed by atoms with Crippen LogP contribution < -0.4 is 5.32 Å². The van der Waals surface area contributed by atoms with Crippen molar-refractivity contribution in [1.29, 1.82) is 0 Å². The number of amides is 1. The number of hydrogen-bond acceptors (Lipinski definition) is 3. The molecule has 0 unspecified atom stereocenters. The van der Waals surface area contributed by atoms with Crippen LogP contribution in [0.25, 0.3) is 0 Å². The van der Waals surface area contributed by atoms with Crippen molar-refractivity contribution < 1.29 is 4.79 Å². The highest BCUT2D eigenvalue weighted by Gasteiger charge is 2.08. The average molecular weight is 423 g/mol. The summed E-state index contributed by atoms with van der Waals surface area (Å²) < 4.78 is 4.44. The fourth-order valence-corrected chi connectivity index (χ4v) is 2.90. The van der Waals surface area contributed by atoms with E-state index >= 15 is 0 Å². The molecule has 0 bridgehead atoms. The van der Waals surface area contributed by atoms with E-state index in [2.05, 4.69) is 31.4 Å². The van der Waals surface area contributed by atoms with E-state index in [1.807, 2.05) is 43.6 Å². The number of carbonyl (C=O) groups excluding carboxylic acids is 1. The van der Waals surface area contributed by atoms with Gasteiger partial charge in [-0.05, 0) is 40.5 Å². The van der Waals surface area contributed by atoms with Crippen LogP contribution >= 0.6 is 27.5 Å². The number of nitrogens with one attached hydrogen (secondary N) is 1. The zero-order valence-corrected chi connectivity index (χ0v) is 16.0. The zero-order chi connectivity index (χ0) is 17.8. The fraction of sp³-hybridized carbons (Fsp3) is 0.235. The quantitative estimate of drug-likeness (QED) is 0.655. The topological polar surface area (TPSA) is 64.7 Å². The molecule has 6 nitrogen and oxygen atoms in total. The van der Waals surface area contributed by atoms with Crippen LogP contribution in [0.1, 0.15) is 17.7 Å². The van der Waals surface area contributed by atoms with Gasteiger partial charge in [-0.15, -0.1) is 0 Å². The Hall–Kier alpha value is -2.12. The molecule has 0 aliphatic heterocycles. The molecule has 130 valence electrons. The summed E-state index contributed by atoms with van der Waals surface area (Å²) in [7, 11) is 0. The highest BCUT2D eigenvalue weighted by Crippen LogP contribution is 2.14. The molecule has 2 aromatic heterocycles. The van der Waals surface area contributed by atoms with Gasteiger partial charge >= 0.3 is 0 Å². The first-order valence-corrected chi connectivity index (χ1v) is 8.94. The molecule has 0 saturated carbocycles. The summed E-state index contributed by atoms with van der Waals surface area (Å²) in [4.78, 5) is 12.1. The molecule has 0 atom stereocenters. The summed E-state index contributed by atoms with van der Waals surface area (Å²) in [6.07, 6.45) is 4.02. The summed E-state index contributed by atoms with van der Waals surface area (Å²) in [5.74, 6) is 0.433. The Labute approximate surface area is 158 Å². The molecule has 1 aromatic carbocycles. The van der Waals surface area contributed by atoms with E-state index < -0.39 is 0 Å². The third kappa shape index (κ3) is 4.93. The van der Waals surface area contributed by atoms with Gasteiger partial charge in [-0.3, -0.25) is 14.2 Å². The molecular formula is C17H17BrClN5O. The summed E-state index contributed by atoms with van der Waals surface area (Å²) >= 11 is 9.39. The molecule has 25 heavy (non-hydrogen) atoms. The lowest BCUT2D eigenvalue weighted by molar-refractivity contribution is -0.116. The third-order valence-corrected chi connectivity index (χ3v) is 4.61. The maximum atomic E-state index is 12.1. The van der Waals surface area contributed by atoms with Crippen LogP contribution in [0, 0.1) is 6.92 Å². The number of halogens is 2. The maximum absolute atomic E-state index is 12.1. The molecular weight excluding hydrogens is 406 g/mol. The minimum Gasteiger partial charge on any atom is -0.309 e. The number of nitrogens with zero attached hydrogens (tertiary/aromatic N) is 4. The lowest BCUT2D eigenvalue weighted by Gasteiger charge is -2.04. The van der Waals surface area contributed by atoms with Crippen molar-refractivity contribution in [3.63, 3.8) is 0 Å². The molecule has 0 aliphatic rings. The first-order chi connectivity index (χ1) is 12.0. The smallest absolute Gasteiger partial charge is 0.227 e. The summed E-state index contributed by atoms with van der Waals surface area (Å²) in [5.41, 5.74) is 1.95. The van der Waals surface area contributed by atoms with Gasteiger partial charge in [0.05, 0.1) is 16.7 Å². The number of aromatic nitrogens is 4. The van der Waals surface area contributed by atoms with Crippen LogP contribution in [0.2, 0.25) is 5.02 Å². The van der Waals surface area contributed by atoms with E-state index in [0.29, 0.717) is 30.4 Å². The molecule has 8 heteroatoms. The van der Waals surface area contributed by atoms with Gasteiger partial charge in [-0.2, -0.15) is 10.2 Å². The summed E-state index contributed by atoms with van der Waals surface area (Å²) in [6, 6.07) is 9.39. The molecule has 0 radical (unpaired) electrons. The molecule has 0 fully saturated rings. The number of anilines is 1. The van der Waals surface area contributed by atoms with Crippen molar-refractivity contribution in [2.24, 2.45) is 0 Å². The maximum Gasteiger partial charge on any atom is 0.227 e. The van der Waals surface area contributed by atoms with E-state index in [1.54, 1.807) is 15.4 Å². The lowest BCUT2D eigenvalue weighted by atomic mass is 10.2. The van der Waals surface area contributed by atoms with Crippen molar-refractivity contribution in [1.82, 2.24) is 19.6 Å². The Morgan fingerprint density at radius 2 is 2.12 bits per heavy atom. The van der Waals surface area contributed by atoms with Crippen LogP contribution in [0.3, 0.4) is 0 Å². The Balaban J connectivity index is 1.53. The van der Waals surface area contributed by atoms with Crippen LogP contribution in [-0.4, -0.2) is 25.5 Å². The minimum atomic E-state index is -0.0997. The predicted molar refractivity (Wildman–Crippen MR) is 101 cm³/mol. The van der Waals surface area contributed by atoms with Gasteiger partial charge in [-0.25, -0.2) is 0 Å². The van der Waals surface area contributed by atoms with Crippen LogP contribution in [0.15, 0.2) is 47.2 Å². The van der Waals surface area contributed by atoms with Gasteiger partial charge in [0.25, 0.3) is 0 Å². The normalized spacial score (nSPS) is 10.8. The zero-order valence-electron chi connectivity index (χ0n) is 13.6. The Morgan fingerprint density at radius 1 is 1.28 bits per heavy atom. The lowest BCUT2D eigenvalue weighted by Crippen LogP contribution is -2.15. The Kier molecular flexibility index (Phi) is 5.55. The molecule has 1 amide bonds. The van der Waals surface area contributed by atoms with Crippen molar-refractivity contribution in [3.8, 4) is 0 Å². The molecule has 2 heterocycles. The van der Waals surface area contributed by atoms with Crippen LogP contribution in [0.4, 0.5) is 5.82 Å². The SMILES string of the molecule is Cc1nn(CCC(=O)Nc2ccn(Cc3cccc(Cl)c3)n2)cc1Br. The van der Waals surface area contributed by atoms with Gasteiger partial charge < -0.3 is 5.32 Å². The Bertz CT molecular complexity index is 869. The number of rotatable bonds is 6. The molecule has 0 spiro atoms. The number of hydrogen-bond donors (Lipinski definition) is 1. The first-order valence-electron chi connectivity index (χ1n) is 7.77. The number of carbonyl (C=O) groups is 1. The highest BCUT2D eigenvalue weighted by molar-refractivity contribution is 9.10. The Morgan fingerprint density at radius 3 is 2.84 bits per heavy atom. The second kappa shape index (κ2) is 7.84. The molecule has 3 rings (SSSR count). The second-order valence-electron chi connectivity index (χ2n) is 5.65. The third-order valence-electron chi connectivity index (χ3n) is 3.60. The second-order valence-corrected chi connectivity index (χ2v) is 6.94. The first kappa shape index (κ1) is 17.7. The molecule has 3 aromatic rings. The van der Waals surface area contributed by atoms with E-state index in [1.165, 1.54) is 0 Å². The van der Waals surface area contributed by atoms with Gasteiger partial charge in [-0.1, -0.05) is 23.7 Å². The van der Waals surface area contributed by atoms with E-state index in [4.69, 9.17) is 11.6 Å². The van der Waals surface area contributed by atoms with Crippen LogP contribution in [-0.2, 0) is 17.9 Å². The average Bonchev–Trinajstić information content (AvgIpc) is 3.12. The number of aryl methyl sites for hydroxylation is 2. The molecule has 0 saturated heterocycles. The molecule has 1 N–H and O–H groups in total. The number of benzene rings is 1. The minimum absolute atomic E-state index is 0.0997. The van der Waals surface area contributed by atoms with Gasteiger partial charge in [0, 0.05) is 36.4 Å². The van der Waals surface area contributed by atoms with Crippen molar-refractivity contribution >= 4 is 39.3 Å². The van der Waals surface area contributed by atoms with Gasteiger partial charge in [0.1, 0.15) is 0 Å². The van der Waals surface area contributed by atoms with Crippen LogP contribution in [0.5, 0.6) is 0 Å². The fourth-order valence-electron chi connectivity index (χ4n) is 2.37. The van der Waals surface area contributed by atoms with E-state index in [-0.39, 0.29) is 5.91 Å². The largest absolute Gasteiger partial charge is 0.309 e. The summed E-state index contributed by atoms with van der Waals surface area (Å²) in [6.45, 7) is 3.02. The standard InChI is InChI=1S/C17H17BrClN5O/c1-12-15(18)11-24(21-12)8-6-17(25)20-16-5-7-23(22-16)10-13-3-2-4-14(19)9-13/h2-5,7,9,11H,6,8,10H2,1H3,(H,20,22,25). The highest BCUT2D eigenvalue weighted by atomic mass is 79.9. The monoisotopic (exact) mass is 421 g/mol. The summed E-state index contributed by atoms with van der Waals surface area (Å²) in [5, 5.41) is 12.2. The predicted octanol–water partition coefficient (Wildman–Crippen LogP) is 3.88. The molecule has 0 aliphatic carbocycles. The van der Waals surface area contributed by atoms with Crippen molar-refractivity contribution in [3.05, 3.63) is 63.5 Å². The van der Waals surface area contributed by atoms with Gasteiger partial charge in [0.2, 0.25) is 5.91 Å². The van der Waals surface area contributed by atoms with Crippen molar-refractivity contribution in [2.75, 3.05) is 5.32 Å². The van der Waals surface area contributed by atoms with Crippen molar-refractivity contribution in [2.45, 2.75) is 26.4 Å². The van der Waals surface area contributed by atoms with E-state index in [0.717, 1.165) is 15.7 Å². The van der Waals surface area contributed by atoms with Gasteiger partial charge in [0.15, 0.2) is 5.82 Å².